The molecule has 2 atom stereocenters. The number of nitrogens with zero attached hydrogens (tertiary/aromatic N) is 3. The maximum Gasteiger partial charge on any atom is 0.408 e. The van der Waals surface area contributed by atoms with E-state index >= 15 is 0 Å². The van der Waals surface area contributed by atoms with E-state index in [1.54, 1.807) is 0 Å². The molecule has 0 aliphatic carbocycles. The van der Waals surface area contributed by atoms with Crippen molar-refractivity contribution in [1.29, 1.82) is 0 Å². The lowest BCUT2D eigenvalue weighted by Gasteiger charge is -2.20. The van der Waals surface area contributed by atoms with E-state index in [0.717, 1.165) is 6.42 Å². The average molecular weight is 326 g/mol. The Bertz CT molecular complexity index is 481. The van der Waals surface area contributed by atoms with Crippen LogP contribution < -0.4 is 10.6 Å². The molecular weight excluding hydrogens is 311 g/mol. The first kappa shape index (κ1) is 16.0. The quantitative estimate of drug-likeness (QED) is 0.866. The minimum Gasteiger partial charge on any atom is -0.379 e. The van der Waals surface area contributed by atoms with Gasteiger partial charge in [-0.25, -0.2) is 0 Å². The number of halogens is 4. The van der Waals surface area contributed by atoms with Gasteiger partial charge in [-0.2, -0.15) is 28.1 Å². The topological polar surface area (TPSA) is 72.0 Å². The molecule has 21 heavy (non-hydrogen) atoms. The molecule has 0 aromatic carbocycles. The van der Waals surface area contributed by atoms with Gasteiger partial charge in [-0.05, 0) is 24.4 Å². The molecule has 1 aromatic heterocycles. The van der Waals surface area contributed by atoms with Crippen LogP contribution in [-0.2, 0) is 4.74 Å². The molecule has 0 unspecified atom stereocenters. The fraction of sp³-hybridized carbons (Fsp3) is 0.727. The van der Waals surface area contributed by atoms with E-state index in [4.69, 9.17) is 16.3 Å². The van der Waals surface area contributed by atoms with Gasteiger partial charge in [0.15, 0.2) is 0 Å². The number of nitrogens with one attached hydrogen (secondary N) is 2. The number of ether oxygens (including phenoxy) is 1. The average Bonchev–Trinajstić information content (AvgIpc) is 2.86. The lowest BCUT2D eigenvalue weighted by atomic mass is 10.2. The summed E-state index contributed by atoms with van der Waals surface area (Å²) < 4.78 is 43.4. The zero-order chi connectivity index (χ0) is 15.5. The molecular formula is C11H15ClF3N5O. The number of aromatic nitrogens is 3. The number of anilines is 2. The standard InChI is InChI=1S/C11H15ClF3N5O/c1-2-7(11(13,14)15)17-10-19-8(12)18-9(20-10)16-6-3-4-21-5-6/h6-7H,2-5H2,1H3,(H2,16,17,18,19,20)/t6-,7+/m0/s1. The molecule has 6 nitrogen and oxygen atoms in total. The van der Waals surface area contributed by atoms with Crippen molar-refractivity contribution in [2.75, 3.05) is 23.8 Å². The van der Waals surface area contributed by atoms with Crippen LogP contribution in [0.5, 0.6) is 0 Å². The molecule has 10 heteroatoms. The minimum absolute atomic E-state index is 0.0147. The van der Waals surface area contributed by atoms with Gasteiger partial charge in [0.05, 0.1) is 12.6 Å². The lowest BCUT2D eigenvalue weighted by molar-refractivity contribution is -0.143. The zero-order valence-corrected chi connectivity index (χ0v) is 12.0. The highest BCUT2D eigenvalue weighted by Crippen LogP contribution is 2.25. The van der Waals surface area contributed by atoms with Crippen LogP contribution in [0.25, 0.3) is 0 Å². The first-order chi connectivity index (χ1) is 9.88. The largest absolute Gasteiger partial charge is 0.408 e. The first-order valence-corrected chi connectivity index (χ1v) is 6.85. The van der Waals surface area contributed by atoms with Crippen LogP contribution in [0.1, 0.15) is 19.8 Å². The van der Waals surface area contributed by atoms with E-state index in [9.17, 15) is 13.2 Å². The minimum atomic E-state index is -4.39. The third-order valence-corrected chi connectivity index (χ3v) is 3.15. The lowest BCUT2D eigenvalue weighted by Crippen LogP contribution is -2.36. The van der Waals surface area contributed by atoms with Crippen LogP contribution in [0.2, 0.25) is 5.28 Å². The molecule has 0 amide bonds. The van der Waals surface area contributed by atoms with Crippen LogP contribution in [-0.4, -0.2) is 46.4 Å². The summed E-state index contributed by atoms with van der Waals surface area (Å²) in [5.74, 6) is -0.0781. The monoisotopic (exact) mass is 325 g/mol. The molecule has 1 aromatic rings. The molecule has 0 spiro atoms. The van der Waals surface area contributed by atoms with Gasteiger partial charge in [-0.15, -0.1) is 0 Å². The SMILES string of the molecule is CC[C@@H](Nc1nc(Cl)nc(N[C@H]2CCOC2)n1)C(F)(F)F. The van der Waals surface area contributed by atoms with Crippen molar-refractivity contribution in [3.05, 3.63) is 5.28 Å². The van der Waals surface area contributed by atoms with Crippen molar-refractivity contribution in [3.8, 4) is 0 Å². The second-order valence-corrected chi connectivity index (χ2v) is 4.94. The molecule has 2 N–H and O–H groups in total. The highest BCUT2D eigenvalue weighted by atomic mass is 35.5. The van der Waals surface area contributed by atoms with E-state index in [1.807, 2.05) is 0 Å². The Hall–Kier alpha value is -1.35. The van der Waals surface area contributed by atoms with Gasteiger partial charge in [-0.1, -0.05) is 6.92 Å². The Kier molecular flexibility index (Phi) is 5.04. The summed E-state index contributed by atoms with van der Waals surface area (Å²) >= 11 is 5.72. The van der Waals surface area contributed by atoms with E-state index in [1.165, 1.54) is 6.92 Å². The van der Waals surface area contributed by atoms with E-state index in [-0.39, 0.29) is 29.6 Å². The van der Waals surface area contributed by atoms with Crippen molar-refractivity contribution in [2.45, 2.75) is 38.0 Å². The second kappa shape index (κ2) is 6.61. The summed E-state index contributed by atoms with van der Waals surface area (Å²) in [5, 5.41) is 5.02. The molecule has 2 heterocycles. The zero-order valence-electron chi connectivity index (χ0n) is 11.2. The van der Waals surface area contributed by atoms with Crippen LogP contribution in [0.15, 0.2) is 0 Å². The normalized spacial score (nSPS) is 20.3. The predicted molar refractivity (Wildman–Crippen MR) is 71.4 cm³/mol. The van der Waals surface area contributed by atoms with Gasteiger partial charge in [0.2, 0.25) is 17.2 Å². The predicted octanol–water partition coefficient (Wildman–Crippen LogP) is 2.48. The van der Waals surface area contributed by atoms with E-state index < -0.39 is 12.2 Å². The molecule has 0 bridgehead atoms. The Morgan fingerprint density at radius 2 is 2.05 bits per heavy atom. The fourth-order valence-electron chi connectivity index (χ4n) is 1.88. The Labute approximate surface area is 124 Å². The van der Waals surface area contributed by atoms with Crippen molar-refractivity contribution < 1.29 is 17.9 Å². The van der Waals surface area contributed by atoms with Crippen LogP contribution >= 0.6 is 11.6 Å². The molecule has 0 radical (unpaired) electrons. The highest BCUT2D eigenvalue weighted by molar-refractivity contribution is 6.28. The smallest absolute Gasteiger partial charge is 0.379 e. The molecule has 118 valence electrons. The van der Waals surface area contributed by atoms with Crippen molar-refractivity contribution >= 4 is 23.5 Å². The molecule has 1 saturated heterocycles. The summed E-state index contributed by atoms with van der Waals surface area (Å²) in [4.78, 5) is 11.4. The summed E-state index contributed by atoms with van der Waals surface area (Å²) in [6.45, 7) is 2.53. The van der Waals surface area contributed by atoms with Crippen LogP contribution in [0.4, 0.5) is 25.1 Å². The van der Waals surface area contributed by atoms with Crippen molar-refractivity contribution in [3.63, 3.8) is 0 Å². The second-order valence-electron chi connectivity index (χ2n) is 4.60. The van der Waals surface area contributed by atoms with Gasteiger partial charge >= 0.3 is 6.18 Å². The number of rotatable bonds is 5. The van der Waals surface area contributed by atoms with Gasteiger partial charge in [0, 0.05) is 6.61 Å². The van der Waals surface area contributed by atoms with Gasteiger partial charge in [0.25, 0.3) is 0 Å². The maximum atomic E-state index is 12.7. The molecule has 1 fully saturated rings. The van der Waals surface area contributed by atoms with Crippen molar-refractivity contribution in [2.24, 2.45) is 0 Å². The third-order valence-electron chi connectivity index (χ3n) is 2.98. The van der Waals surface area contributed by atoms with Crippen LogP contribution in [0.3, 0.4) is 0 Å². The molecule has 0 saturated carbocycles. The molecule has 1 aliphatic rings. The fourth-order valence-corrected chi connectivity index (χ4v) is 2.04. The Balaban J connectivity index is 2.10. The molecule has 1 aliphatic heterocycles. The maximum absolute atomic E-state index is 12.7. The summed E-state index contributed by atoms with van der Waals surface area (Å²) in [5.41, 5.74) is 0. The highest BCUT2D eigenvalue weighted by Gasteiger charge is 2.38. The number of hydrogen-bond donors (Lipinski definition) is 2. The van der Waals surface area contributed by atoms with Gasteiger partial charge in [0.1, 0.15) is 6.04 Å². The Morgan fingerprint density at radius 3 is 2.62 bits per heavy atom. The van der Waals surface area contributed by atoms with Gasteiger partial charge < -0.3 is 15.4 Å². The molecule has 2 rings (SSSR count). The number of hydrogen-bond acceptors (Lipinski definition) is 6. The Morgan fingerprint density at radius 1 is 1.33 bits per heavy atom. The third kappa shape index (κ3) is 4.57. The summed E-state index contributed by atoms with van der Waals surface area (Å²) in [6, 6.07) is -1.72. The summed E-state index contributed by atoms with van der Waals surface area (Å²) in [6.07, 6.45) is -3.76. The number of alkyl halides is 3. The van der Waals surface area contributed by atoms with E-state index in [2.05, 4.69) is 25.6 Å². The summed E-state index contributed by atoms with van der Waals surface area (Å²) in [7, 11) is 0. The van der Waals surface area contributed by atoms with Crippen molar-refractivity contribution in [1.82, 2.24) is 15.0 Å². The van der Waals surface area contributed by atoms with Gasteiger partial charge in [-0.3, -0.25) is 0 Å². The van der Waals surface area contributed by atoms with Crippen LogP contribution in [0, 0.1) is 0 Å². The van der Waals surface area contributed by atoms with E-state index in [0.29, 0.717) is 13.2 Å². The first-order valence-electron chi connectivity index (χ1n) is 6.47.